The SMILES string of the molecule is CCOC1CC(CC(=O)N2CCC(CO)CC2)C1. The first-order valence-electron chi connectivity index (χ1n) is 7.23. The van der Waals surface area contributed by atoms with E-state index in [9.17, 15) is 4.79 Å². The first kappa shape index (κ1) is 13.8. The standard InChI is InChI=1S/C14H25NO3/c1-2-18-13-7-12(8-13)9-14(17)15-5-3-11(10-16)4-6-15/h11-13,16H,2-10H2,1H3. The minimum Gasteiger partial charge on any atom is -0.396 e. The van der Waals surface area contributed by atoms with E-state index >= 15 is 0 Å². The number of ether oxygens (including phenoxy) is 1. The van der Waals surface area contributed by atoms with E-state index in [1.165, 1.54) is 0 Å². The number of likely N-dealkylation sites (tertiary alicyclic amines) is 1. The minimum absolute atomic E-state index is 0.265. The van der Waals surface area contributed by atoms with Gasteiger partial charge in [-0.1, -0.05) is 0 Å². The molecule has 0 unspecified atom stereocenters. The van der Waals surface area contributed by atoms with Gasteiger partial charge in [0.25, 0.3) is 0 Å². The number of hydrogen-bond donors (Lipinski definition) is 1. The monoisotopic (exact) mass is 255 g/mol. The molecule has 0 aromatic rings. The van der Waals surface area contributed by atoms with Crippen LogP contribution in [0.15, 0.2) is 0 Å². The summed E-state index contributed by atoms with van der Waals surface area (Å²) in [5.41, 5.74) is 0. The van der Waals surface area contributed by atoms with Crippen LogP contribution >= 0.6 is 0 Å². The van der Waals surface area contributed by atoms with Crippen molar-refractivity contribution < 1.29 is 14.6 Å². The molecule has 1 aliphatic heterocycles. The first-order valence-corrected chi connectivity index (χ1v) is 7.23. The molecule has 2 fully saturated rings. The highest BCUT2D eigenvalue weighted by molar-refractivity contribution is 5.76. The predicted molar refractivity (Wildman–Crippen MR) is 69.1 cm³/mol. The number of nitrogens with zero attached hydrogens (tertiary/aromatic N) is 1. The Morgan fingerprint density at radius 1 is 1.28 bits per heavy atom. The third-order valence-corrected chi connectivity index (χ3v) is 4.28. The first-order chi connectivity index (χ1) is 8.72. The summed E-state index contributed by atoms with van der Waals surface area (Å²) in [6, 6.07) is 0. The van der Waals surface area contributed by atoms with Crippen LogP contribution in [0.1, 0.15) is 39.0 Å². The molecule has 104 valence electrons. The molecule has 4 nitrogen and oxygen atoms in total. The third kappa shape index (κ3) is 3.45. The van der Waals surface area contributed by atoms with E-state index in [2.05, 4.69) is 0 Å². The highest BCUT2D eigenvalue weighted by Gasteiger charge is 2.33. The number of piperidine rings is 1. The molecule has 1 amide bonds. The summed E-state index contributed by atoms with van der Waals surface area (Å²) in [5.74, 6) is 1.23. The third-order valence-electron chi connectivity index (χ3n) is 4.28. The van der Waals surface area contributed by atoms with Crippen molar-refractivity contribution in [3.05, 3.63) is 0 Å². The number of amides is 1. The summed E-state index contributed by atoms with van der Waals surface area (Å²) in [5, 5.41) is 9.07. The normalized spacial score (nSPS) is 29.1. The summed E-state index contributed by atoms with van der Waals surface area (Å²) >= 11 is 0. The van der Waals surface area contributed by atoms with Gasteiger partial charge in [-0.05, 0) is 44.4 Å². The number of carbonyl (C=O) groups is 1. The van der Waals surface area contributed by atoms with Gasteiger partial charge in [-0.25, -0.2) is 0 Å². The van der Waals surface area contributed by atoms with Gasteiger partial charge in [-0.15, -0.1) is 0 Å². The molecule has 2 rings (SSSR count). The van der Waals surface area contributed by atoms with Gasteiger partial charge < -0.3 is 14.7 Å². The van der Waals surface area contributed by atoms with Crippen LogP contribution in [0, 0.1) is 11.8 Å². The van der Waals surface area contributed by atoms with Crippen molar-refractivity contribution >= 4 is 5.91 Å². The van der Waals surface area contributed by atoms with Crippen LogP contribution in [0.3, 0.4) is 0 Å². The molecular formula is C14H25NO3. The van der Waals surface area contributed by atoms with Gasteiger partial charge >= 0.3 is 0 Å². The van der Waals surface area contributed by atoms with Crippen LogP contribution < -0.4 is 0 Å². The van der Waals surface area contributed by atoms with E-state index in [4.69, 9.17) is 9.84 Å². The van der Waals surface area contributed by atoms with Crippen molar-refractivity contribution in [2.75, 3.05) is 26.3 Å². The van der Waals surface area contributed by atoms with Crippen LogP contribution in [-0.2, 0) is 9.53 Å². The van der Waals surface area contributed by atoms with Crippen molar-refractivity contribution in [1.29, 1.82) is 0 Å². The van der Waals surface area contributed by atoms with Gasteiger partial charge in [0.1, 0.15) is 0 Å². The Bertz CT molecular complexity index is 268. The largest absolute Gasteiger partial charge is 0.396 e. The molecule has 0 radical (unpaired) electrons. The van der Waals surface area contributed by atoms with Gasteiger partial charge in [0.15, 0.2) is 0 Å². The molecule has 2 aliphatic rings. The fourth-order valence-electron chi connectivity index (χ4n) is 2.95. The summed E-state index contributed by atoms with van der Waals surface area (Å²) in [6.07, 6.45) is 5.09. The average Bonchev–Trinajstić information content (AvgIpc) is 2.36. The second-order valence-electron chi connectivity index (χ2n) is 5.63. The van der Waals surface area contributed by atoms with E-state index in [-0.39, 0.29) is 6.61 Å². The second kappa shape index (κ2) is 6.53. The molecule has 18 heavy (non-hydrogen) atoms. The highest BCUT2D eigenvalue weighted by Crippen LogP contribution is 2.33. The summed E-state index contributed by atoms with van der Waals surface area (Å²) in [4.78, 5) is 14.1. The smallest absolute Gasteiger partial charge is 0.222 e. The van der Waals surface area contributed by atoms with Crippen LogP contribution in [0.5, 0.6) is 0 Å². The van der Waals surface area contributed by atoms with Gasteiger partial charge in [0.2, 0.25) is 5.91 Å². The Morgan fingerprint density at radius 3 is 2.50 bits per heavy atom. The van der Waals surface area contributed by atoms with E-state index in [0.29, 0.717) is 30.3 Å². The molecule has 1 N–H and O–H groups in total. The maximum absolute atomic E-state index is 12.1. The number of aliphatic hydroxyl groups excluding tert-OH is 1. The molecule has 0 atom stereocenters. The Hall–Kier alpha value is -0.610. The van der Waals surface area contributed by atoms with Crippen molar-refractivity contribution in [2.45, 2.75) is 45.1 Å². The van der Waals surface area contributed by atoms with Crippen molar-refractivity contribution in [3.63, 3.8) is 0 Å². The van der Waals surface area contributed by atoms with Crippen molar-refractivity contribution in [3.8, 4) is 0 Å². The van der Waals surface area contributed by atoms with Gasteiger partial charge in [0, 0.05) is 32.7 Å². The van der Waals surface area contributed by atoms with Crippen LogP contribution in [-0.4, -0.2) is 48.3 Å². The lowest BCUT2D eigenvalue weighted by atomic mass is 9.79. The predicted octanol–water partition coefficient (Wildman–Crippen LogP) is 1.42. The lowest BCUT2D eigenvalue weighted by Gasteiger charge is -2.37. The Kier molecular flexibility index (Phi) is 5.01. The zero-order valence-corrected chi connectivity index (χ0v) is 11.3. The Labute approximate surface area is 109 Å². The highest BCUT2D eigenvalue weighted by atomic mass is 16.5. The Balaban J connectivity index is 1.64. The van der Waals surface area contributed by atoms with E-state index in [1.54, 1.807) is 0 Å². The van der Waals surface area contributed by atoms with E-state index in [1.807, 2.05) is 11.8 Å². The second-order valence-corrected chi connectivity index (χ2v) is 5.63. The maximum atomic E-state index is 12.1. The molecule has 4 heteroatoms. The quantitative estimate of drug-likeness (QED) is 0.808. The van der Waals surface area contributed by atoms with Crippen LogP contribution in [0.2, 0.25) is 0 Å². The molecule has 1 saturated heterocycles. The fraction of sp³-hybridized carbons (Fsp3) is 0.929. The molecule has 0 aromatic heterocycles. The number of hydrogen-bond acceptors (Lipinski definition) is 3. The summed E-state index contributed by atoms with van der Waals surface area (Å²) < 4.78 is 5.51. The van der Waals surface area contributed by atoms with E-state index in [0.717, 1.165) is 45.4 Å². The Morgan fingerprint density at radius 2 is 1.94 bits per heavy atom. The minimum atomic E-state index is 0.265. The van der Waals surface area contributed by atoms with Gasteiger partial charge in [-0.3, -0.25) is 4.79 Å². The number of aliphatic hydroxyl groups is 1. The zero-order valence-electron chi connectivity index (χ0n) is 11.3. The summed E-state index contributed by atoms with van der Waals surface area (Å²) in [7, 11) is 0. The summed E-state index contributed by atoms with van der Waals surface area (Å²) in [6.45, 7) is 4.71. The lowest BCUT2D eigenvalue weighted by molar-refractivity contribution is -0.136. The van der Waals surface area contributed by atoms with Crippen molar-refractivity contribution in [1.82, 2.24) is 4.90 Å². The lowest BCUT2D eigenvalue weighted by Crippen LogP contribution is -2.42. The van der Waals surface area contributed by atoms with Crippen molar-refractivity contribution in [2.24, 2.45) is 11.8 Å². The molecule has 1 saturated carbocycles. The zero-order chi connectivity index (χ0) is 13.0. The maximum Gasteiger partial charge on any atom is 0.222 e. The average molecular weight is 255 g/mol. The molecular weight excluding hydrogens is 230 g/mol. The topological polar surface area (TPSA) is 49.8 Å². The van der Waals surface area contributed by atoms with Crippen LogP contribution in [0.4, 0.5) is 0 Å². The molecule has 0 spiro atoms. The van der Waals surface area contributed by atoms with Gasteiger partial charge in [0.05, 0.1) is 6.10 Å². The molecule has 1 heterocycles. The number of rotatable bonds is 5. The van der Waals surface area contributed by atoms with Gasteiger partial charge in [-0.2, -0.15) is 0 Å². The van der Waals surface area contributed by atoms with Crippen LogP contribution in [0.25, 0.3) is 0 Å². The van der Waals surface area contributed by atoms with E-state index < -0.39 is 0 Å². The molecule has 0 bridgehead atoms. The molecule has 0 aromatic carbocycles. The molecule has 1 aliphatic carbocycles. The fourth-order valence-corrected chi connectivity index (χ4v) is 2.95. The number of carbonyl (C=O) groups excluding carboxylic acids is 1.